The van der Waals surface area contributed by atoms with Crippen molar-refractivity contribution in [2.24, 2.45) is 22.6 Å². The number of nitrogens with one attached hydrogen (secondary N) is 1. The minimum absolute atomic E-state index is 0. The second kappa shape index (κ2) is 19.8. The molecule has 0 aliphatic heterocycles. The summed E-state index contributed by atoms with van der Waals surface area (Å²) in [6, 6.07) is 15.1. The number of ether oxygens (including phenoxy) is 2. The van der Waals surface area contributed by atoms with Crippen molar-refractivity contribution in [3.63, 3.8) is 0 Å². The predicted molar refractivity (Wildman–Crippen MR) is 196 cm³/mol. The van der Waals surface area contributed by atoms with Gasteiger partial charge in [0.1, 0.15) is 5.75 Å². The van der Waals surface area contributed by atoms with E-state index in [1.165, 1.54) is 24.7 Å². The Kier molecular flexibility index (Phi) is 15.8. The van der Waals surface area contributed by atoms with E-state index in [-0.39, 0.29) is 19.5 Å². The SMILES string of the molecule is CCCNC(=O)OC.COc1ccc(C2CCC(CN(C(=O)C3CCCCC3)c3cccc(/C(C=NC(C)C)=C/N)c3)CC2)cc1C.[HH]. The van der Waals surface area contributed by atoms with Gasteiger partial charge in [0, 0.05) is 50.2 Å². The van der Waals surface area contributed by atoms with Gasteiger partial charge in [-0.3, -0.25) is 9.79 Å². The van der Waals surface area contributed by atoms with Crippen LogP contribution in [0.25, 0.3) is 5.57 Å². The molecule has 2 amide bonds. The smallest absolute Gasteiger partial charge is 0.406 e. The van der Waals surface area contributed by atoms with Crippen LogP contribution in [0.4, 0.5) is 10.5 Å². The average Bonchev–Trinajstić information content (AvgIpc) is 3.10. The van der Waals surface area contributed by atoms with E-state index in [2.05, 4.69) is 77.1 Å². The summed E-state index contributed by atoms with van der Waals surface area (Å²) in [7, 11) is 3.08. The molecule has 8 heteroatoms. The van der Waals surface area contributed by atoms with Crippen LogP contribution in [-0.4, -0.2) is 51.6 Å². The second-order valence-electron chi connectivity index (χ2n) is 13.2. The number of amides is 2. The summed E-state index contributed by atoms with van der Waals surface area (Å²) in [5.41, 5.74) is 11.5. The number of benzene rings is 2. The van der Waals surface area contributed by atoms with Crippen LogP contribution in [0.1, 0.15) is 109 Å². The van der Waals surface area contributed by atoms with Crippen LogP contribution in [0.2, 0.25) is 0 Å². The molecule has 47 heavy (non-hydrogen) atoms. The fourth-order valence-corrected chi connectivity index (χ4v) is 6.58. The number of alkyl carbamates (subject to hydrolysis) is 1. The number of methoxy groups -OCH3 is 2. The minimum Gasteiger partial charge on any atom is -0.496 e. The van der Waals surface area contributed by atoms with E-state index in [1.807, 2.05) is 19.2 Å². The van der Waals surface area contributed by atoms with Crippen LogP contribution in [0, 0.1) is 18.8 Å². The van der Waals surface area contributed by atoms with E-state index in [4.69, 9.17) is 10.5 Å². The van der Waals surface area contributed by atoms with E-state index in [0.29, 0.717) is 24.3 Å². The fraction of sp³-hybridized carbons (Fsp3) is 0.564. The number of carbonyl (C=O) groups excluding carboxylic acids is 2. The molecule has 2 aromatic rings. The Balaban J connectivity index is 0.000000791. The molecule has 2 saturated carbocycles. The van der Waals surface area contributed by atoms with Crippen LogP contribution in [0.15, 0.2) is 53.7 Å². The lowest BCUT2D eigenvalue weighted by Crippen LogP contribution is -2.41. The summed E-state index contributed by atoms with van der Waals surface area (Å²) in [4.78, 5) is 30.8. The zero-order valence-corrected chi connectivity index (χ0v) is 29.6. The Labute approximate surface area is 284 Å². The number of allylic oxidation sites excluding steroid dienone is 1. The van der Waals surface area contributed by atoms with Gasteiger partial charge in [-0.1, -0.05) is 50.5 Å². The van der Waals surface area contributed by atoms with Gasteiger partial charge in [0.15, 0.2) is 0 Å². The molecule has 2 aliphatic rings. The first-order chi connectivity index (χ1) is 22.7. The number of rotatable bonds is 11. The molecule has 0 radical (unpaired) electrons. The minimum atomic E-state index is -0.355. The maximum atomic E-state index is 14.0. The maximum Gasteiger partial charge on any atom is 0.406 e. The largest absolute Gasteiger partial charge is 0.496 e. The summed E-state index contributed by atoms with van der Waals surface area (Å²) in [5, 5.41) is 2.52. The first kappa shape index (κ1) is 37.6. The third-order valence-electron chi connectivity index (χ3n) is 9.29. The molecule has 0 bridgehead atoms. The Bertz CT molecular complexity index is 1330. The number of nitrogens with zero attached hydrogens (tertiary/aromatic N) is 2. The highest BCUT2D eigenvalue weighted by molar-refractivity contribution is 6.10. The molecule has 0 unspecified atom stereocenters. The van der Waals surface area contributed by atoms with Gasteiger partial charge in [-0.25, -0.2) is 4.79 Å². The number of nitrogens with two attached hydrogens (primary N) is 1. The zero-order chi connectivity index (χ0) is 34.2. The molecular formula is C39H60N4O4. The van der Waals surface area contributed by atoms with Gasteiger partial charge < -0.3 is 25.4 Å². The number of aliphatic imine (C=N–C) groups is 1. The molecule has 4 rings (SSSR count). The zero-order valence-electron chi connectivity index (χ0n) is 29.6. The van der Waals surface area contributed by atoms with E-state index < -0.39 is 0 Å². The maximum absolute atomic E-state index is 14.0. The Morgan fingerprint density at radius 1 is 1.04 bits per heavy atom. The van der Waals surface area contributed by atoms with Gasteiger partial charge in [-0.15, -0.1) is 0 Å². The highest BCUT2D eigenvalue weighted by atomic mass is 16.5. The van der Waals surface area contributed by atoms with Gasteiger partial charge in [0.2, 0.25) is 5.91 Å². The number of aryl methyl sites for hydroxylation is 1. The molecule has 0 atom stereocenters. The van der Waals surface area contributed by atoms with Gasteiger partial charge in [-0.05, 0) is 112 Å². The second-order valence-corrected chi connectivity index (χ2v) is 13.2. The van der Waals surface area contributed by atoms with Crippen LogP contribution >= 0.6 is 0 Å². The van der Waals surface area contributed by atoms with Crippen LogP contribution in [-0.2, 0) is 9.53 Å². The van der Waals surface area contributed by atoms with Gasteiger partial charge in [-0.2, -0.15) is 0 Å². The molecule has 260 valence electrons. The van der Waals surface area contributed by atoms with Gasteiger partial charge >= 0.3 is 6.09 Å². The van der Waals surface area contributed by atoms with Crippen molar-refractivity contribution < 1.29 is 20.5 Å². The standard InChI is InChI=1S/C34H47N3O2.C5H11NO2.H2/c1-24(2)36-22-31(21-35)29-11-8-12-32(20-29)37(34(38)28-9-6-5-7-10-28)23-26-13-15-27(16-14-26)30-17-18-33(39-4)25(3)19-30;1-3-4-6-5(7)8-2;/h8,11-12,17-22,24,26-28H,5-7,9-10,13-16,23,35H2,1-4H3;3-4H2,1-2H3,(H,6,7);1H/b31-21+,36-22?;;. The van der Waals surface area contributed by atoms with Gasteiger partial charge in [0.05, 0.1) is 14.2 Å². The lowest BCUT2D eigenvalue weighted by atomic mass is 9.78. The van der Waals surface area contributed by atoms with Crippen LogP contribution in [0.3, 0.4) is 0 Å². The lowest BCUT2D eigenvalue weighted by Gasteiger charge is -2.35. The third kappa shape index (κ3) is 11.7. The molecule has 0 aromatic heterocycles. The monoisotopic (exact) mass is 648 g/mol. The number of hydrogen-bond acceptors (Lipinski definition) is 6. The molecular weight excluding hydrogens is 588 g/mol. The van der Waals surface area contributed by atoms with E-state index in [9.17, 15) is 9.59 Å². The average molecular weight is 649 g/mol. The first-order valence-corrected chi connectivity index (χ1v) is 17.5. The normalized spacial score (nSPS) is 18.7. The van der Waals surface area contributed by atoms with Gasteiger partial charge in [0.25, 0.3) is 0 Å². The van der Waals surface area contributed by atoms with Crippen molar-refractivity contribution in [2.45, 2.75) is 104 Å². The Morgan fingerprint density at radius 3 is 2.36 bits per heavy atom. The topological polar surface area (TPSA) is 106 Å². The van der Waals surface area contributed by atoms with Crippen LogP contribution in [0.5, 0.6) is 5.75 Å². The van der Waals surface area contributed by atoms with Crippen molar-refractivity contribution in [3.8, 4) is 5.75 Å². The fourth-order valence-electron chi connectivity index (χ4n) is 6.58. The molecule has 8 nitrogen and oxygen atoms in total. The summed E-state index contributed by atoms with van der Waals surface area (Å²) < 4.78 is 9.76. The number of carbonyl (C=O) groups is 2. The molecule has 0 spiro atoms. The number of anilines is 1. The number of hydrogen-bond donors (Lipinski definition) is 2. The van der Waals surface area contributed by atoms with E-state index in [0.717, 1.165) is 86.9 Å². The van der Waals surface area contributed by atoms with E-state index in [1.54, 1.807) is 13.3 Å². The van der Waals surface area contributed by atoms with Crippen molar-refractivity contribution >= 4 is 29.5 Å². The van der Waals surface area contributed by atoms with Crippen molar-refractivity contribution in [2.75, 3.05) is 32.2 Å². The summed E-state index contributed by atoms with van der Waals surface area (Å²) in [5.74, 6) is 2.47. The summed E-state index contributed by atoms with van der Waals surface area (Å²) in [6.07, 6.45) is 14.2. The highest BCUT2D eigenvalue weighted by Gasteiger charge is 2.31. The van der Waals surface area contributed by atoms with Crippen molar-refractivity contribution in [3.05, 3.63) is 65.4 Å². The Hall–Kier alpha value is -3.81. The van der Waals surface area contributed by atoms with Crippen molar-refractivity contribution in [1.29, 1.82) is 0 Å². The summed E-state index contributed by atoms with van der Waals surface area (Å²) >= 11 is 0. The summed E-state index contributed by atoms with van der Waals surface area (Å²) in [6.45, 7) is 9.68. The highest BCUT2D eigenvalue weighted by Crippen LogP contribution is 2.39. The molecule has 2 fully saturated rings. The van der Waals surface area contributed by atoms with Crippen molar-refractivity contribution in [1.82, 2.24) is 5.32 Å². The molecule has 0 heterocycles. The quantitative estimate of drug-likeness (QED) is 0.237. The first-order valence-electron chi connectivity index (χ1n) is 17.5. The molecule has 0 saturated heterocycles. The molecule has 2 aliphatic carbocycles. The Morgan fingerprint density at radius 2 is 1.77 bits per heavy atom. The van der Waals surface area contributed by atoms with E-state index >= 15 is 0 Å². The molecule has 3 N–H and O–H groups in total. The molecule has 2 aromatic carbocycles. The lowest BCUT2D eigenvalue weighted by molar-refractivity contribution is -0.123. The third-order valence-corrected chi connectivity index (χ3v) is 9.29. The predicted octanol–water partition coefficient (Wildman–Crippen LogP) is 8.67. The van der Waals surface area contributed by atoms with Crippen LogP contribution < -0.4 is 20.7 Å².